The molecule has 1 rings (SSSR count). The molecule has 0 radical (unpaired) electrons. The van der Waals surface area contributed by atoms with Gasteiger partial charge in [0.05, 0.1) is 6.26 Å². The summed E-state index contributed by atoms with van der Waals surface area (Å²) < 4.78 is 6.03. The number of furan rings is 1. The Morgan fingerprint density at radius 1 is 1.44 bits per heavy atom. The Hall–Kier alpha value is -0.320. The van der Waals surface area contributed by atoms with E-state index in [9.17, 15) is 0 Å². The van der Waals surface area contributed by atoms with Crippen LogP contribution in [0.15, 0.2) is 21.4 Å². The molecule has 0 saturated carbocycles. The first-order valence-corrected chi connectivity index (χ1v) is 6.33. The molecule has 0 fully saturated rings. The minimum absolute atomic E-state index is 0.192. The summed E-state index contributed by atoms with van der Waals surface area (Å²) in [4.78, 5) is 2.27. The molecule has 1 aromatic rings. The second-order valence-electron chi connectivity index (χ2n) is 5.13. The molecule has 16 heavy (non-hydrogen) atoms. The molecule has 4 heteroatoms. The third-order valence-electron chi connectivity index (χ3n) is 2.28. The van der Waals surface area contributed by atoms with E-state index in [0.717, 1.165) is 24.3 Å². The monoisotopic (exact) mass is 288 g/mol. The molecule has 0 unspecified atom stereocenters. The Balaban J connectivity index is 2.26. The zero-order valence-corrected chi connectivity index (χ0v) is 12.1. The third-order valence-corrected chi connectivity index (χ3v) is 2.98. The summed E-state index contributed by atoms with van der Waals surface area (Å²) in [6, 6.07) is 2.00. The number of likely N-dealkylation sites (N-methyl/N-ethyl adjacent to an activating group) is 1. The van der Waals surface area contributed by atoms with E-state index in [1.54, 1.807) is 6.26 Å². The van der Waals surface area contributed by atoms with Gasteiger partial charge in [-0.25, -0.2) is 0 Å². The third kappa shape index (κ3) is 5.14. The van der Waals surface area contributed by atoms with E-state index >= 15 is 0 Å². The first-order valence-electron chi connectivity index (χ1n) is 5.54. The van der Waals surface area contributed by atoms with Crippen molar-refractivity contribution in [2.75, 3.05) is 20.1 Å². The van der Waals surface area contributed by atoms with Crippen LogP contribution in [0.2, 0.25) is 0 Å². The molecule has 1 aromatic heterocycles. The number of nitrogens with one attached hydrogen (secondary N) is 1. The predicted molar refractivity (Wildman–Crippen MR) is 70.5 cm³/mol. The normalized spacial score (nSPS) is 12.4. The van der Waals surface area contributed by atoms with Gasteiger partial charge in [0, 0.05) is 30.7 Å². The van der Waals surface area contributed by atoms with Crippen LogP contribution in [0.3, 0.4) is 0 Å². The van der Waals surface area contributed by atoms with Crippen molar-refractivity contribution in [1.82, 2.24) is 10.2 Å². The van der Waals surface area contributed by atoms with Gasteiger partial charge in [0.15, 0.2) is 4.67 Å². The van der Waals surface area contributed by atoms with Crippen LogP contribution < -0.4 is 5.32 Å². The van der Waals surface area contributed by atoms with Crippen molar-refractivity contribution in [2.45, 2.75) is 32.9 Å². The highest BCUT2D eigenvalue weighted by atomic mass is 79.9. The molecule has 0 aliphatic rings. The smallest absolute Gasteiger partial charge is 0.173 e. The molecule has 1 N–H and O–H groups in total. The average Bonchev–Trinajstić information content (AvgIpc) is 2.49. The molecule has 0 amide bonds. The van der Waals surface area contributed by atoms with Gasteiger partial charge in [-0.15, -0.1) is 0 Å². The van der Waals surface area contributed by atoms with Gasteiger partial charge in [0.25, 0.3) is 0 Å². The summed E-state index contributed by atoms with van der Waals surface area (Å²) in [5.41, 5.74) is 1.38. The van der Waals surface area contributed by atoms with Crippen molar-refractivity contribution in [2.24, 2.45) is 0 Å². The zero-order chi connectivity index (χ0) is 12.2. The van der Waals surface area contributed by atoms with Crippen LogP contribution in [0.1, 0.15) is 26.3 Å². The fourth-order valence-corrected chi connectivity index (χ4v) is 1.79. The van der Waals surface area contributed by atoms with Crippen molar-refractivity contribution in [3.05, 3.63) is 22.6 Å². The topological polar surface area (TPSA) is 28.4 Å². The summed E-state index contributed by atoms with van der Waals surface area (Å²) in [5, 5.41) is 3.47. The zero-order valence-electron chi connectivity index (χ0n) is 10.5. The van der Waals surface area contributed by atoms with Gasteiger partial charge >= 0.3 is 0 Å². The molecule has 92 valence electrons. The molecule has 0 aliphatic carbocycles. The van der Waals surface area contributed by atoms with Crippen LogP contribution in [-0.4, -0.2) is 30.6 Å². The lowest BCUT2D eigenvalue weighted by molar-refractivity contribution is 0.301. The van der Waals surface area contributed by atoms with Crippen molar-refractivity contribution in [1.29, 1.82) is 0 Å². The van der Waals surface area contributed by atoms with E-state index in [1.807, 2.05) is 6.07 Å². The lowest BCUT2D eigenvalue weighted by Crippen LogP contribution is -2.40. The van der Waals surface area contributed by atoms with Gasteiger partial charge in [-0.2, -0.15) is 0 Å². The van der Waals surface area contributed by atoms with E-state index < -0.39 is 0 Å². The summed E-state index contributed by atoms with van der Waals surface area (Å²) in [7, 11) is 2.11. The highest BCUT2D eigenvalue weighted by Gasteiger charge is 2.10. The van der Waals surface area contributed by atoms with Gasteiger partial charge in [-0.1, -0.05) is 0 Å². The average molecular weight is 289 g/mol. The lowest BCUT2D eigenvalue weighted by atomic mass is 10.1. The van der Waals surface area contributed by atoms with Crippen LogP contribution in [0, 0.1) is 0 Å². The molecule has 0 bridgehead atoms. The molecular weight excluding hydrogens is 268 g/mol. The van der Waals surface area contributed by atoms with E-state index in [4.69, 9.17) is 4.42 Å². The largest absolute Gasteiger partial charge is 0.457 e. The maximum Gasteiger partial charge on any atom is 0.173 e. The Kier molecular flexibility index (Phi) is 5.02. The van der Waals surface area contributed by atoms with Crippen molar-refractivity contribution in [3.63, 3.8) is 0 Å². The second-order valence-corrected chi connectivity index (χ2v) is 5.85. The van der Waals surface area contributed by atoms with E-state index in [1.165, 1.54) is 5.56 Å². The second kappa shape index (κ2) is 5.84. The number of hydrogen-bond acceptors (Lipinski definition) is 3. The maximum atomic E-state index is 5.20. The summed E-state index contributed by atoms with van der Waals surface area (Å²) in [6.45, 7) is 9.46. The van der Waals surface area contributed by atoms with Crippen LogP contribution >= 0.6 is 15.9 Å². The lowest BCUT2D eigenvalue weighted by Gasteiger charge is -2.23. The minimum atomic E-state index is 0.192. The Bertz CT molecular complexity index is 317. The van der Waals surface area contributed by atoms with Gasteiger partial charge in [-0.3, -0.25) is 0 Å². The number of rotatable bonds is 5. The van der Waals surface area contributed by atoms with Crippen LogP contribution in [0.25, 0.3) is 0 Å². The summed E-state index contributed by atoms with van der Waals surface area (Å²) in [6.07, 6.45) is 1.71. The van der Waals surface area contributed by atoms with Gasteiger partial charge in [0.1, 0.15) is 0 Å². The van der Waals surface area contributed by atoms with Gasteiger partial charge in [-0.05, 0) is 49.8 Å². The predicted octanol–water partition coefficient (Wildman–Crippen LogP) is 2.86. The molecule has 3 nitrogen and oxygen atoms in total. The van der Waals surface area contributed by atoms with Crippen LogP contribution in [0.5, 0.6) is 0 Å². The van der Waals surface area contributed by atoms with Crippen LogP contribution in [0.4, 0.5) is 0 Å². The fraction of sp³-hybridized carbons (Fsp3) is 0.667. The molecule has 0 aliphatic heterocycles. The number of halogens is 1. The van der Waals surface area contributed by atoms with Gasteiger partial charge < -0.3 is 14.6 Å². The van der Waals surface area contributed by atoms with Gasteiger partial charge in [0.2, 0.25) is 0 Å². The summed E-state index contributed by atoms with van der Waals surface area (Å²) >= 11 is 3.39. The quantitative estimate of drug-likeness (QED) is 0.903. The maximum absolute atomic E-state index is 5.20. The minimum Gasteiger partial charge on any atom is -0.457 e. The molecule has 1 heterocycles. The molecule has 0 saturated heterocycles. The van der Waals surface area contributed by atoms with Crippen LogP contribution in [-0.2, 0) is 6.54 Å². The van der Waals surface area contributed by atoms with Crippen molar-refractivity contribution < 1.29 is 4.42 Å². The standard InChI is InChI=1S/C12H21BrN2O/c1-12(2,3)14-6-7-15(4)9-10-5-8-16-11(10)13/h5,8,14H,6-7,9H2,1-4H3. The van der Waals surface area contributed by atoms with Crippen molar-refractivity contribution in [3.8, 4) is 0 Å². The Morgan fingerprint density at radius 3 is 2.62 bits per heavy atom. The highest BCUT2D eigenvalue weighted by molar-refractivity contribution is 9.10. The molecule has 0 spiro atoms. The molecular formula is C12H21BrN2O. The first-order chi connectivity index (χ1) is 7.38. The number of nitrogens with zero attached hydrogens (tertiary/aromatic N) is 1. The number of hydrogen-bond donors (Lipinski definition) is 1. The molecule has 0 aromatic carbocycles. The van der Waals surface area contributed by atoms with E-state index in [0.29, 0.717) is 0 Å². The summed E-state index contributed by atoms with van der Waals surface area (Å²) in [5.74, 6) is 0. The Morgan fingerprint density at radius 2 is 2.12 bits per heavy atom. The molecule has 0 atom stereocenters. The SMILES string of the molecule is CN(CCNC(C)(C)C)Cc1ccoc1Br. The fourth-order valence-electron chi connectivity index (χ4n) is 1.42. The highest BCUT2D eigenvalue weighted by Crippen LogP contribution is 2.18. The first kappa shape index (κ1) is 13.7. The Labute approximate surface area is 106 Å². The van der Waals surface area contributed by atoms with Crippen molar-refractivity contribution >= 4 is 15.9 Å². The van der Waals surface area contributed by atoms with E-state index in [-0.39, 0.29) is 5.54 Å². The van der Waals surface area contributed by atoms with E-state index in [2.05, 4.69) is 54.0 Å².